The largest absolute Gasteiger partial charge is 0.494 e. The molecular formula is C13H18FNO2S. The average Bonchev–Trinajstić information content (AvgIpc) is 2.51. The van der Waals surface area contributed by atoms with Crippen LogP contribution in [-0.2, 0) is 10.8 Å². The number of halogens is 1. The van der Waals surface area contributed by atoms with Crippen molar-refractivity contribution >= 4 is 10.8 Å². The fraction of sp³-hybridized carbons (Fsp3) is 0.538. The van der Waals surface area contributed by atoms with E-state index >= 15 is 0 Å². The monoisotopic (exact) mass is 271 g/mol. The maximum atomic E-state index is 13.7. The van der Waals surface area contributed by atoms with Gasteiger partial charge in [0.15, 0.2) is 11.6 Å². The van der Waals surface area contributed by atoms with E-state index < -0.39 is 10.8 Å². The normalized spacial score (nSPS) is 28.7. The molecule has 0 bridgehead atoms. The van der Waals surface area contributed by atoms with Gasteiger partial charge in [-0.25, -0.2) is 4.39 Å². The van der Waals surface area contributed by atoms with E-state index in [0.717, 1.165) is 12.0 Å². The summed E-state index contributed by atoms with van der Waals surface area (Å²) in [6.07, 6.45) is 0.891. The molecule has 1 aromatic rings. The molecule has 1 aromatic carbocycles. The maximum absolute atomic E-state index is 13.7. The Morgan fingerprint density at radius 1 is 1.50 bits per heavy atom. The lowest BCUT2D eigenvalue weighted by atomic mass is 10.1. The Morgan fingerprint density at radius 2 is 2.28 bits per heavy atom. The number of hydrogen-bond donors (Lipinski definition) is 1. The number of benzene rings is 1. The van der Waals surface area contributed by atoms with E-state index in [0.29, 0.717) is 17.5 Å². The van der Waals surface area contributed by atoms with E-state index in [-0.39, 0.29) is 17.6 Å². The first kappa shape index (κ1) is 13.5. The van der Waals surface area contributed by atoms with E-state index in [2.05, 4.69) is 12.2 Å². The number of methoxy groups -OCH3 is 1. The highest BCUT2D eigenvalue weighted by Gasteiger charge is 2.22. The number of hydrogen-bond acceptors (Lipinski definition) is 3. The smallest absolute Gasteiger partial charge is 0.165 e. The molecule has 0 spiro atoms. The summed E-state index contributed by atoms with van der Waals surface area (Å²) in [5, 5.41) is 3.39. The standard InChI is InChI=1S/C13H18FNO2S/c1-9-5-6-18(16)8-12(15-9)10-3-4-13(17-2)11(14)7-10/h3-4,7,9,12,15H,5-6,8H2,1-2H3. The first-order valence-corrected chi connectivity index (χ1v) is 7.53. The van der Waals surface area contributed by atoms with Gasteiger partial charge in [0, 0.05) is 34.4 Å². The summed E-state index contributed by atoms with van der Waals surface area (Å²) in [5.41, 5.74) is 0.829. The van der Waals surface area contributed by atoms with Crippen LogP contribution >= 0.6 is 0 Å². The summed E-state index contributed by atoms with van der Waals surface area (Å²) in [4.78, 5) is 0. The lowest BCUT2D eigenvalue weighted by Crippen LogP contribution is -2.30. The van der Waals surface area contributed by atoms with E-state index in [1.54, 1.807) is 6.07 Å². The lowest BCUT2D eigenvalue weighted by molar-refractivity contribution is 0.385. The zero-order chi connectivity index (χ0) is 13.1. The first-order valence-electron chi connectivity index (χ1n) is 6.04. The second-order valence-corrected chi connectivity index (χ2v) is 6.23. The highest BCUT2D eigenvalue weighted by Crippen LogP contribution is 2.24. The van der Waals surface area contributed by atoms with Crippen molar-refractivity contribution in [2.75, 3.05) is 18.6 Å². The van der Waals surface area contributed by atoms with Gasteiger partial charge < -0.3 is 10.1 Å². The van der Waals surface area contributed by atoms with Crippen molar-refractivity contribution in [2.24, 2.45) is 0 Å². The molecule has 0 radical (unpaired) electrons. The van der Waals surface area contributed by atoms with Crippen LogP contribution in [-0.4, -0.2) is 28.9 Å². The lowest BCUT2D eigenvalue weighted by Gasteiger charge is -2.19. The molecule has 18 heavy (non-hydrogen) atoms. The first-order chi connectivity index (χ1) is 8.60. The molecule has 1 fully saturated rings. The van der Waals surface area contributed by atoms with Gasteiger partial charge in [-0.15, -0.1) is 0 Å². The molecule has 1 saturated heterocycles. The minimum absolute atomic E-state index is 0.0521. The third kappa shape index (κ3) is 3.09. The zero-order valence-corrected chi connectivity index (χ0v) is 11.4. The predicted octanol–water partition coefficient (Wildman–Crippen LogP) is 2.01. The Hall–Kier alpha value is -0.940. The second-order valence-electron chi connectivity index (χ2n) is 4.61. The van der Waals surface area contributed by atoms with E-state index in [1.807, 2.05) is 6.07 Å². The van der Waals surface area contributed by atoms with Gasteiger partial charge in [0.05, 0.1) is 7.11 Å². The second kappa shape index (κ2) is 5.80. The van der Waals surface area contributed by atoms with Crippen molar-refractivity contribution in [3.63, 3.8) is 0 Å². The Morgan fingerprint density at radius 3 is 2.94 bits per heavy atom. The van der Waals surface area contributed by atoms with Gasteiger partial charge in [-0.2, -0.15) is 0 Å². The molecule has 0 amide bonds. The van der Waals surface area contributed by atoms with Gasteiger partial charge in [-0.05, 0) is 31.0 Å². The highest BCUT2D eigenvalue weighted by atomic mass is 32.2. The Bertz CT molecular complexity index is 453. The summed E-state index contributed by atoms with van der Waals surface area (Å²) in [6, 6.07) is 5.15. The molecule has 100 valence electrons. The van der Waals surface area contributed by atoms with Crippen molar-refractivity contribution in [1.82, 2.24) is 5.32 Å². The van der Waals surface area contributed by atoms with Crippen LogP contribution in [0.15, 0.2) is 18.2 Å². The van der Waals surface area contributed by atoms with Gasteiger partial charge in [-0.3, -0.25) is 4.21 Å². The summed E-state index contributed by atoms with van der Waals surface area (Å²) in [6.45, 7) is 2.06. The highest BCUT2D eigenvalue weighted by molar-refractivity contribution is 7.85. The predicted molar refractivity (Wildman–Crippen MR) is 70.8 cm³/mol. The molecular weight excluding hydrogens is 253 g/mol. The van der Waals surface area contributed by atoms with E-state index in [4.69, 9.17) is 4.74 Å². The van der Waals surface area contributed by atoms with Crippen LogP contribution in [0.2, 0.25) is 0 Å². The van der Waals surface area contributed by atoms with Crippen LogP contribution in [0.1, 0.15) is 24.9 Å². The van der Waals surface area contributed by atoms with Crippen LogP contribution in [0.25, 0.3) is 0 Å². The third-order valence-corrected chi connectivity index (χ3v) is 4.59. The molecule has 5 heteroatoms. The molecule has 3 unspecified atom stereocenters. The van der Waals surface area contributed by atoms with Crippen molar-refractivity contribution in [3.8, 4) is 5.75 Å². The molecule has 0 aliphatic carbocycles. The minimum atomic E-state index is -0.839. The van der Waals surface area contributed by atoms with Crippen LogP contribution < -0.4 is 10.1 Å². The molecule has 1 aliphatic heterocycles. The summed E-state index contributed by atoms with van der Waals surface area (Å²) < 4.78 is 30.3. The Labute approximate surface area is 109 Å². The minimum Gasteiger partial charge on any atom is -0.494 e. The zero-order valence-electron chi connectivity index (χ0n) is 10.6. The quantitative estimate of drug-likeness (QED) is 0.894. The van der Waals surface area contributed by atoms with E-state index in [1.165, 1.54) is 13.2 Å². The van der Waals surface area contributed by atoms with Crippen molar-refractivity contribution in [2.45, 2.75) is 25.4 Å². The Balaban J connectivity index is 2.23. The number of ether oxygens (including phenoxy) is 1. The van der Waals surface area contributed by atoms with Gasteiger partial charge in [-0.1, -0.05) is 6.07 Å². The molecule has 3 atom stereocenters. The fourth-order valence-electron chi connectivity index (χ4n) is 2.14. The molecule has 0 aromatic heterocycles. The molecule has 0 saturated carbocycles. The molecule has 1 aliphatic rings. The van der Waals surface area contributed by atoms with E-state index in [9.17, 15) is 8.60 Å². The van der Waals surface area contributed by atoms with Crippen LogP contribution in [0.3, 0.4) is 0 Å². The summed E-state index contributed by atoms with van der Waals surface area (Å²) >= 11 is 0. The molecule has 1 N–H and O–H groups in total. The van der Waals surface area contributed by atoms with Gasteiger partial charge in [0.1, 0.15) is 0 Å². The SMILES string of the molecule is COc1ccc(C2CS(=O)CCC(C)N2)cc1F. The van der Waals surface area contributed by atoms with Crippen LogP contribution in [0, 0.1) is 5.82 Å². The maximum Gasteiger partial charge on any atom is 0.165 e. The van der Waals surface area contributed by atoms with Crippen LogP contribution in [0.4, 0.5) is 4.39 Å². The van der Waals surface area contributed by atoms with Crippen molar-refractivity contribution in [1.29, 1.82) is 0 Å². The number of nitrogens with one attached hydrogen (secondary N) is 1. The van der Waals surface area contributed by atoms with Crippen molar-refractivity contribution < 1.29 is 13.3 Å². The van der Waals surface area contributed by atoms with Gasteiger partial charge in [0.25, 0.3) is 0 Å². The van der Waals surface area contributed by atoms with Crippen molar-refractivity contribution in [3.05, 3.63) is 29.6 Å². The van der Waals surface area contributed by atoms with Gasteiger partial charge in [0.2, 0.25) is 0 Å². The fourth-order valence-corrected chi connectivity index (χ4v) is 3.59. The third-order valence-electron chi connectivity index (χ3n) is 3.20. The summed E-state index contributed by atoms with van der Waals surface area (Å²) in [5.74, 6) is 1.11. The Kier molecular flexibility index (Phi) is 4.35. The van der Waals surface area contributed by atoms with Gasteiger partial charge >= 0.3 is 0 Å². The molecule has 3 nitrogen and oxygen atoms in total. The molecule has 2 rings (SSSR count). The van der Waals surface area contributed by atoms with Crippen LogP contribution in [0.5, 0.6) is 5.75 Å². The topological polar surface area (TPSA) is 38.3 Å². The molecule has 1 heterocycles. The average molecular weight is 271 g/mol. The summed E-state index contributed by atoms with van der Waals surface area (Å²) in [7, 11) is 0.605. The number of rotatable bonds is 2.